The van der Waals surface area contributed by atoms with Crippen LogP contribution in [-0.4, -0.2) is 23.8 Å². The SMILES string of the molecule is Cl.O=C1N[C@@H](c2ccc(C(=O)O)cc2)CO1. The van der Waals surface area contributed by atoms with Gasteiger partial charge in [0.1, 0.15) is 6.61 Å². The fraction of sp³-hybridized carbons (Fsp3) is 0.200. The van der Waals surface area contributed by atoms with Crippen LogP contribution >= 0.6 is 12.4 Å². The molecule has 0 aliphatic carbocycles. The van der Waals surface area contributed by atoms with Gasteiger partial charge in [0.25, 0.3) is 0 Å². The molecule has 16 heavy (non-hydrogen) atoms. The maximum absolute atomic E-state index is 10.8. The third kappa shape index (κ3) is 2.43. The molecule has 86 valence electrons. The minimum absolute atomic E-state index is 0. The predicted octanol–water partition coefficient (Wildman–Crippen LogP) is 1.59. The van der Waals surface area contributed by atoms with Crippen molar-refractivity contribution in [2.24, 2.45) is 0 Å². The van der Waals surface area contributed by atoms with Gasteiger partial charge in [-0.25, -0.2) is 9.59 Å². The Hall–Kier alpha value is -1.75. The van der Waals surface area contributed by atoms with Crippen molar-refractivity contribution in [3.8, 4) is 0 Å². The molecule has 0 bridgehead atoms. The van der Waals surface area contributed by atoms with E-state index < -0.39 is 12.1 Å². The number of hydrogen-bond acceptors (Lipinski definition) is 3. The van der Waals surface area contributed by atoms with Gasteiger partial charge < -0.3 is 15.2 Å². The number of halogens is 1. The van der Waals surface area contributed by atoms with E-state index in [1.165, 1.54) is 12.1 Å². The van der Waals surface area contributed by atoms with Crippen molar-refractivity contribution >= 4 is 24.5 Å². The number of alkyl carbamates (subject to hydrolysis) is 1. The lowest BCUT2D eigenvalue weighted by Gasteiger charge is -2.07. The van der Waals surface area contributed by atoms with Crippen LogP contribution in [-0.2, 0) is 4.74 Å². The van der Waals surface area contributed by atoms with Crippen LogP contribution in [0.15, 0.2) is 24.3 Å². The van der Waals surface area contributed by atoms with Gasteiger partial charge in [-0.05, 0) is 17.7 Å². The van der Waals surface area contributed by atoms with E-state index in [1.54, 1.807) is 12.1 Å². The number of carbonyl (C=O) groups is 2. The highest BCUT2D eigenvalue weighted by molar-refractivity contribution is 5.87. The molecule has 0 aromatic heterocycles. The average Bonchev–Trinajstić information content (AvgIpc) is 2.65. The summed E-state index contributed by atoms with van der Waals surface area (Å²) in [5.41, 5.74) is 1.06. The number of carboxylic acid groups (broad SMARTS) is 1. The third-order valence-corrected chi connectivity index (χ3v) is 2.23. The second kappa shape index (κ2) is 4.85. The molecule has 1 amide bonds. The largest absolute Gasteiger partial charge is 0.478 e. The number of cyclic esters (lactones) is 1. The lowest BCUT2D eigenvalue weighted by molar-refractivity contribution is 0.0697. The zero-order valence-electron chi connectivity index (χ0n) is 8.17. The molecule has 1 aromatic rings. The van der Waals surface area contributed by atoms with Gasteiger partial charge in [0.15, 0.2) is 0 Å². The molecule has 0 spiro atoms. The van der Waals surface area contributed by atoms with Gasteiger partial charge in [-0.2, -0.15) is 0 Å². The van der Waals surface area contributed by atoms with Crippen LogP contribution in [0.25, 0.3) is 0 Å². The monoisotopic (exact) mass is 243 g/mol. The number of ether oxygens (including phenoxy) is 1. The van der Waals surface area contributed by atoms with E-state index in [0.29, 0.717) is 0 Å². The van der Waals surface area contributed by atoms with Gasteiger partial charge in [0.2, 0.25) is 0 Å². The van der Waals surface area contributed by atoms with Crippen LogP contribution in [0.4, 0.5) is 4.79 Å². The first kappa shape index (κ1) is 12.3. The summed E-state index contributed by atoms with van der Waals surface area (Å²) in [6.07, 6.45) is -0.442. The number of hydrogen-bond donors (Lipinski definition) is 2. The molecule has 6 heteroatoms. The standard InChI is InChI=1S/C10H9NO4.ClH/c12-9(13)7-3-1-6(2-4-7)8-5-15-10(14)11-8;/h1-4,8H,5H2,(H,11,14)(H,12,13);1H/t8-;/m1./s1. The Kier molecular flexibility index (Phi) is 3.73. The Balaban J connectivity index is 0.00000128. The van der Waals surface area contributed by atoms with E-state index in [-0.39, 0.29) is 30.6 Å². The van der Waals surface area contributed by atoms with Gasteiger partial charge in [0.05, 0.1) is 11.6 Å². The van der Waals surface area contributed by atoms with Crippen molar-refractivity contribution in [3.05, 3.63) is 35.4 Å². The summed E-state index contributed by atoms with van der Waals surface area (Å²) in [5.74, 6) is -0.965. The summed E-state index contributed by atoms with van der Waals surface area (Å²) < 4.78 is 4.73. The van der Waals surface area contributed by atoms with E-state index in [2.05, 4.69) is 5.32 Å². The van der Waals surface area contributed by atoms with Crippen LogP contribution in [0.2, 0.25) is 0 Å². The molecule has 1 fully saturated rings. The molecule has 2 rings (SSSR count). The molecule has 2 N–H and O–H groups in total. The molecule has 1 aliphatic heterocycles. The summed E-state index contributed by atoms with van der Waals surface area (Å²) in [5, 5.41) is 11.3. The third-order valence-electron chi connectivity index (χ3n) is 2.23. The van der Waals surface area contributed by atoms with Crippen molar-refractivity contribution in [1.29, 1.82) is 0 Å². The Morgan fingerprint density at radius 3 is 2.44 bits per heavy atom. The van der Waals surface area contributed by atoms with Gasteiger partial charge >= 0.3 is 12.1 Å². The zero-order chi connectivity index (χ0) is 10.8. The fourth-order valence-electron chi connectivity index (χ4n) is 1.42. The highest BCUT2D eigenvalue weighted by atomic mass is 35.5. The topological polar surface area (TPSA) is 75.6 Å². The lowest BCUT2D eigenvalue weighted by atomic mass is 10.1. The summed E-state index contributed by atoms with van der Waals surface area (Å²) in [7, 11) is 0. The summed E-state index contributed by atoms with van der Waals surface area (Å²) in [6.45, 7) is 0.283. The molecule has 0 radical (unpaired) electrons. The van der Waals surface area contributed by atoms with Gasteiger partial charge in [-0.1, -0.05) is 12.1 Å². The van der Waals surface area contributed by atoms with Crippen molar-refractivity contribution in [2.75, 3.05) is 6.61 Å². The smallest absolute Gasteiger partial charge is 0.407 e. The molecule has 5 nitrogen and oxygen atoms in total. The highest BCUT2D eigenvalue weighted by Gasteiger charge is 2.23. The van der Waals surface area contributed by atoms with Crippen LogP contribution in [0, 0.1) is 0 Å². The number of benzene rings is 1. The summed E-state index contributed by atoms with van der Waals surface area (Å²) in [6, 6.07) is 6.16. The van der Waals surface area contributed by atoms with Crippen LogP contribution in [0.3, 0.4) is 0 Å². The number of rotatable bonds is 2. The minimum Gasteiger partial charge on any atom is -0.478 e. The number of carboxylic acids is 1. The Morgan fingerprint density at radius 2 is 2.00 bits per heavy atom. The van der Waals surface area contributed by atoms with Gasteiger partial charge in [-0.15, -0.1) is 12.4 Å². The second-order valence-electron chi connectivity index (χ2n) is 3.22. The van der Waals surface area contributed by atoms with Gasteiger partial charge in [0, 0.05) is 0 Å². The summed E-state index contributed by atoms with van der Waals surface area (Å²) in [4.78, 5) is 21.4. The maximum atomic E-state index is 10.8. The van der Waals surface area contributed by atoms with Gasteiger partial charge in [-0.3, -0.25) is 0 Å². The van der Waals surface area contributed by atoms with Crippen LogP contribution in [0.1, 0.15) is 22.0 Å². The van der Waals surface area contributed by atoms with Crippen LogP contribution in [0.5, 0.6) is 0 Å². The zero-order valence-corrected chi connectivity index (χ0v) is 8.99. The maximum Gasteiger partial charge on any atom is 0.407 e. The van der Waals surface area contributed by atoms with Crippen molar-refractivity contribution in [3.63, 3.8) is 0 Å². The number of aromatic carboxylic acids is 1. The quantitative estimate of drug-likeness (QED) is 0.827. The van der Waals surface area contributed by atoms with Crippen molar-refractivity contribution in [1.82, 2.24) is 5.32 Å². The molecule has 1 saturated heterocycles. The van der Waals surface area contributed by atoms with E-state index in [1.807, 2.05) is 0 Å². The van der Waals surface area contributed by atoms with Crippen LogP contribution < -0.4 is 5.32 Å². The molecule has 1 atom stereocenters. The molecule has 0 unspecified atom stereocenters. The first-order chi connectivity index (χ1) is 7.16. The summed E-state index contributed by atoms with van der Waals surface area (Å²) >= 11 is 0. The predicted molar refractivity (Wildman–Crippen MR) is 57.9 cm³/mol. The van der Waals surface area contributed by atoms with E-state index in [0.717, 1.165) is 5.56 Å². The normalized spacial score (nSPS) is 18.2. The Bertz CT molecular complexity index is 404. The molecule has 1 heterocycles. The number of nitrogens with one attached hydrogen (secondary N) is 1. The van der Waals surface area contributed by atoms with Crippen molar-refractivity contribution in [2.45, 2.75) is 6.04 Å². The van der Waals surface area contributed by atoms with E-state index in [9.17, 15) is 9.59 Å². The molecule has 0 saturated carbocycles. The fourth-order valence-corrected chi connectivity index (χ4v) is 1.42. The Morgan fingerprint density at radius 1 is 1.38 bits per heavy atom. The van der Waals surface area contributed by atoms with E-state index in [4.69, 9.17) is 9.84 Å². The number of amides is 1. The average molecular weight is 244 g/mol. The second-order valence-corrected chi connectivity index (χ2v) is 3.22. The van der Waals surface area contributed by atoms with Crippen molar-refractivity contribution < 1.29 is 19.4 Å². The highest BCUT2D eigenvalue weighted by Crippen LogP contribution is 2.18. The first-order valence-corrected chi connectivity index (χ1v) is 4.43. The molecular formula is C10H10ClNO4. The lowest BCUT2D eigenvalue weighted by Crippen LogP contribution is -2.18. The molecule has 1 aromatic carbocycles. The number of carbonyl (C=O) groups excluding carboxylic acids is 1. The Labute approximate surface area is 97.8 Å². The first-order valence-electron chi connectivity index (χ1n) is 4.43. The molecular weight excluding hydrogens is 234 g/mol. The van der Waals surface area contributed by atoms with E-state index >= 15 is 0 Å². The molecule has 1 aliphatic rings. The minimum atomic E-state index is -0.965.